The number of hydrogen-bond acceptors (Lipinski definition) is 2. The summed E-state index contributed by atoms with van der Waals surface area (Å²) < 4.78 is 0. The summed E-state index contributed by atoms with van der Waals surface area (Å²) in [4.78, 5) is 10.2. The smallest absolute Gasteiger partial charge is 0.328 e. The molecule has 0 bridgehead atoms. The SMILES string of the molecule is N#Cc1ccc(C=CC(=O)O)cc1Cl. The van der Waals surface area contributed by atoms with Gasteiger partial charge in [0.2, 0.25) is 0 Å². The molecule has 0 aliphatic carbocycles. The van der Waals surface area contributed by atoms with Crippen LogP contribution in [0.1, 0.15) is 11.1 Å². The van der Waals surface area contributed by atoms with Gasteiger partial charge in [0.05, 0.1) is 10.6 Å². The molecule has 70 valence electrons. The first-order chi connectivity index (χ1) is 6.63. The minimum atomic E-state index is -1.02. The first-order valence-corrected chi connectivity index (χ1v) is 4.12. The Morgan fingerprint density at radius 3 is 2.79 bits per heavy atom. The molecule has 1 N–H and O–H groups in total. The molecule has 0 saturated carbocycles. The standard InChI is InChI=1S/C10H6ClNO2/c11-9-5-7(2-4-10(13)14)1-3-8(9)6-12/h1-5H,(H,13,14). The van der Waals surface area contributed by atoms with E-state index in [0.29, 0.717) is 16.1 Å². The number of benzene rings is 1. The maximum Gasteiger partial charge on any atom is 0.328 e. The Bertz CT molecular complexity index is 432. The van der Waals surface area contributed by atoms with E-state index in [2.05, 4.69) is 0 Å². The molecule has 1 aromatic carbocycles. The van der Waals surface area contributed by atoms with Gasteiger partial charge in [-0.2, -0.15) is 5.26 Å². The Morgan fingerprint density at radius 2 is 2.29 bits per heavy atom. The predicted molar refractivity (Wildman–Crippen MR) is 52.8 cm³/mol. The second-order valence-electron chi connectivity index (χ2n) is 2.52. The fraction of sp³-hybridized carbons (Fsp3) is 0. The van der Waals surface area contributed by atoms with Crippen LogP contribution in [-0.2, 0) is 4.79 Å². The van der Waals surface area contributed by atoms with Crippen LogP contribution in [0.5, 0.6) is 0 Å². The number of aliphatic carboxylic acids is 1. The third-order valence-electron chi connectivity index (χ3n) is 1.53. The van der Waals surface area contributed by atoms with Gasteiger partial charge in [0.1, 0.15) is 6.07 Å². The fourth-order valence-corrected chi connectivity index (χ4v) is 1.12. The molecule has 0 fully saturated rings. The van der Waals surface area contributed by atoms with Crippen molar-refractivity contribution in [3.8, 4) is 6.07 Å². The lowest BCUT2D eigenvalue weighted by molar-refractivity contribution is -0.131. The van der Waals surface area contributed by atoms with Gasteiger partial charge in [-0.3, -0.25) is 0 Å². The van der Waals surface area contributed by atoms with Crippen molar-refractivity contribution < 1.29 is 9.90 Å². The number of hydrogen-bond donors (Lipinski definition) is 1. The fourth-order valence-electron chi connectivity index (χ4n) is 0.893. The van der Waals surface area contributed by atoms with Gasteiger partial charge in [-0.25, -0.2) is 4.79 Å². The van der Waals surface area contributed by atoms with Crippen LogP contribution in [0.4, 0.5) is 0 Å². The van der Waals surface area contributed by atoms with Gasteiger partial charge in [-0.05, 0) is 23.8 Å². The van der Waals surface area contributed by atoms with Crippen LogP contribution in [0.25, 0.3) is 6.08 Å². The van der Waals surface area contributed by atoms with E-state index in [1.54, 1.807) is 18.2 Å². The number of nitriles is 1. The summed E-state index contributed by atoms with van der Waals surface area (Å²) in [5.41, 5.74) is 1.02. The first-order valence-electron chi connectivity index (χ1n) is 3.74. The van der Waals surface area contributed by atoms with Crippen LogP contribution in [0, 0.1) is 11.3 Å². The Labute approximate surface area is 85.9 Å². The number of rotatable bonds is 2. The van der Waals surface area contributed by atoms with Gasteiger partial charge in [-0.1, -0.05) is 17.7 Å². The van der Waals surface area contributed by atoms with E-state index in [0.717, 1.165) is 6.08 Å². The Balaban J connectivity index is 2.99. The van der Waals surface area contributed by atoms with Crippen molar-refractivity contribution in [1.29, 1.82) is 5.26 Å². The molecule has 0 saturated heterocycles. The minimum absolute atomic E-state index is 0.319. The molecule has 0 aromatic heterocycles. The minimum Gasteiger partial charge on any atom is -0.478 e. The van der Waals surface area contributed by atoms with Crippen LogP contribution in [-0.4, -0.2) is 11.1 Å². The van der Waals surface area contributed by atoms with Gasteiger partial charge >= 0.3 is 5.97 Å². The molecule has 0 aliphatic rings. The van der Waals surface area contributed by atoms with Crippen LogP contribution >= 0.6 is 11.6 Å². The van der Waals surface area contributed by atoms with E-state index in [-0.39, 0.29) is 0 Å². The summed E-state index contributed by atoms with van der Waals surface area (Å²) >= 11 is 5.74. The molecule has 0 amide bonds. The molecule has 14 heavy (non-hydrogen) atoms. The molecule has 1 aromatic rings. The molecule has 0 heterocycles. The second kappa shape index (κ2) is 4.45. The van der Waals surface area contributed by atoms with E-state index < -0.39 is 5.97 Å². The summed E-state index contributed by atoms with van der Waals surface area (Å²) in [5.74, 6) is -1.02. The Hall–Kier alpha value is -1.79. The zero-order chi connectivity index (χ0) is 10.6. The van der Waals surface area contributed by atoms with Gasteiger partial charge in [-0.15, -0.1) is 0 Å². The van der Waals surface area contributed by atoms with Gasteiger partial charge < -0.3 is 5.11 Å². The number of carbonyl (C=O) groups is 1. The molecule has 4 heteroatoms. The molecule has 0 radical (unpaired) electrons. The van der Waals surface area contributed by atoms with Gasteiger partial charge in [0.15, 0.2) is 0 Å². The molecular weight excluding hydrogens is 202 g/mol. The lowest BCUT2D eigenvalue weighted by Crippen LogP contribution is -1.86. The van der Waals surface area contributed by atoms with Crippen molar-refractivity contribution >= 4 is 23.6 Å². The van der Waals surface area contributed by atoms with Crippen molar-refractivity contribution in [3.63, 3.8) is 0 Å². The molecule has 3 nitrogen and oxygen atoms in total. The van der Waals surface area contributed by atoms with Crippen LogP contribution in [0.15, 0.2) is 24.3 Å². The van der Waals surface area contributed by atoms with Crippen molar-refractivity contribution in [3.05, 3.63) is 40.4 Å². The Morgan fingerprint density at radius 1 is 1.57 bits per heavy atom. The van der Waals surface area contributed by atoms with Crippen molar-refractivity contribution in [2.24, 2.45) is 0 Å². The summed E-state index contributed by atoms with van der Waals surface area (Å²) in [6.07, 6.45) is 2.42. The summed E-state index contributed by atoms with van der Waals surface area (Å²) in [6, 6.07) is 6.63. The zero-order valence-electron chi connectivity index (χ0n) is 7.07. The molecule has 0 spiro atoms. The second-order valence-corrected chi connectivity index (χ2v) is 2.93. The molecule has 0 unspecified atom stereocenters. The average molecular weight is 208 g/mol. The molecular formula is C10H6ClNO2. The predicted octanol–water partition coefficient (Wildman–Crippen LogP) is 2.31. The summed E-state index contributed by atoms with van der Waals surface area (Å²) in [5, 5.41) is 17.3. The van der Waals surface area contributed by atoms with Crippen molar-refractivity contribution in [1.82, 2.24) is 0 Å². The van der Waals surface area contributed by atoms with E-state index in [4.69, 9.17) is 22.0 Å². The van der Waals surface area contributed by atoms with Crippen molar-refractivity contribution in [2.45, 2.75) is 0 Å². The largest absolute Gasteiger partial charge is 0.478 e. The third kappa shape index (κ3) is 2.61. The highest BCUT2D eigenvalue weighted by molar-refractivity contribution is 6.31. The van der Waals surface area contributed by atoms with Crippen molar-refractivity contribution in [2.75, 3.05) is 0 Å². The number of carboxylic acid groups (broad SMARTS) is 1. The van der Waals surface area contributed by atoms with Crippen LogP contribution < -0.4 is 0 Å². The number of halogens is 1. The molecule has 1 rings (SSSR count). The van der Waals surface area contributed by atoms with E-state index in [1.165, 1.54) is 6.08 Å². The third-order valence-corrected chi connectivity index (χ3v) is 1.84. The molecule has 0 aliphatic heterocycles. The van der Waals surface area contributed by atoms with E-state index >= 15 is 0 Å². The lowest BCUT2D eigenvalue weighted by Gasteiger charge is -1.96. The highest BCUT2D eigenvalue weighted by Crippen LogP contribution is 2.17. The van der Waals surface area contributed by atoms with E-state index in [9.17, 15) is 4.79 Å². The topological polar surface area (TPSA) is 61.1 Å². The van der Waals surface area contributed by atoms with Gasteiger partial charge in [0.25, 0.3) is 0 Å². The van der Waals surface area contributed by atoms with Gasteiger partial charge in [0, 0.05) is 6.08 Å². The van der Waals surface area contributed by atoms with E-state index in [1.807, 2.05) is 6.07 Å². The van der Waals surface area contributed by atoms with Crippen LogP contribution in [0.2, 0.25) is 5.02 Å². The zero-order valence-corrected chi connectivity index (χ0v) is 7.82. The highest BCUT2D eigenvalue weighted by atomic mass is 35.5. The van der Waals surface area contributed by atoms with Crippen LogP contribution in [0.3, 0.4) is 0 Å². The lowest BCUT2D eigenvalue weighted by atomic mass is 10.1. The maximum atomic E-state index is 10.2. The Kier molecular flexibility index (Phi) is 3.27. The normalized spacial score (nSPS) is 10.0. The molecule has 0 atom stereocenters. The quantitative estimate of drug-likeness (QED) is 0.757. The summed E-state index contributed by atoms with van der Waals surface area (Å²) in [6.45, 7) is 0. The maximum absolute atomic E-state index is 10.2. The summed E-state index contributed by atoms with van der Waals surface area (Å²) in [7, 11) is 0. The average Bonchev–Trinajstić information content (AvgIpc) is 2.15. The first kappa shape index (κ1) is 10.3. The monoisotopic (exact) mass is 207 g/mol. The highest BCUT2D eigenvalue weighted by Gasteiger charge is 1.98. The number of nitrogens with zero attached hydrogens (tertiary/aromatic N) is 1. The number of carboxylic acids is 1.